The molecule has 0 bridgehead atoms. The predicted molar refractivity (Wildman–Crippen MR) is 72.0 cm³/mol. The zero-order valence-corrected chi connectivity index (χ0v) is 11.5. The first kappa shape index (κ1) is 15.4. The van der Waals surface area contributed by atoms with Gasteiger partial charge in [-0.2, -0.15) is 0 Å². The highest BCUT2D eigenvalue weighted by Gasteiger charge is 2.17. The number of aromatic nitrogens is 1. The highest BCUT2D eigenvalue weighted by Crippen LogP contribution is 2.18. The topological polar surface area (TPSA) is 114 Å². The fraction of sp³-hybridized carbons (Fsp3) is 0.455. The van der Waals surface area contributed by atoms with Crippen LogP contribution < -0.4 is 15.8 Å². The van der Waals surface area contributed by atoms with E-state index in [-0.39, 0.29) is 17.9 Å². The Morgan fingerprint density at radius 3 is 2.84 bits per heavy atom. The standard InChI is InChI=1S/C11H18N4O3S/c1-2-14-9-5-7-13-8-10(9)19(17,18)15-6-3-4-11(12)16/h5,7-8,15H,2-4,6H2,1H3,(H2,12,16)(H,13,14). The Bertz CT molecular complexity index is 530. The van der Waals surface area contributed by atoms with Crippen LogP contribution in [-0.4, -0.2) is 32.4 Å². The summed E-state index contributed by atoms with van der Waals surface area (Å²) in [6, 6.07) is 1.60. The minimum Gasteiger partial charge on any atom is -0.384 e. The molecule has 1 heterocycles. The molecule has 1 rings (SSSR count). The largest absolute Gasteiger partial charge is 0.384 e. The number of primary amides is 1. The molecule has 0 spiro atoms. The molecule has 0 atom stereocenters. The normalized spacial score (nSPS) is 11.2. The Labute approximate surface area is 112 Å². The van der Waals surface area contributed by atoms with Crippen molar-refractivity contribution in [3.05, 3.63) is 18.5 Å². The van der Waals surface area contributed by atoms with E-state index in [9.17, 15) is 13.2 Å². The number of amides is 1. The maximum Gasteiger partial charge on any atom is 0.244 e. The van der Waals surface area contributed by atoms with Gasteiger partial charge >= 0.3 is 0 Å². The average molecular weight is 286 g/mol. The van der Waals surface area contributed by atoms with Gasteiger partial charge in [-0.15, -0.1) is 0 Å². The summed E-state index contributed by atoms with van der Waals surface area (Å²) in [6.45, 7) is 2.64. The number of sulfonamides is 1. The van der Waals surface area contributed by atoms with Crippen LogP contribution in [0.3, 0.4) is 0 Å². The molecule has 1 amide bonds. The van der Waals surface area contributed by atoms with Gasteiger partial charge < -0.3 is 11.1 Å². The van der Waals surface area contributed by atoms with E-state index in [1.807, 2.05) is 6.92 Å². The summed E-state index contributed by atoms with van der Waals surface area (Å²) in [5, 5.41) is 2.96. The first-order valence-corrected chi connectivity index (χ1v) is 7.41. The Balaban J connectivity index is 2.74. The SMILES string of the molecule is CCNc1ccncc1S(=O)(=O)NCCCC(N)=O. The van der Waals surface area contributed by atoms with E-state index in [2.05, 4.69) is 15.0 Å². The van der Waals surface area contributed by atoms with Crippen LogP contribution in [0.4, 0.5) is 5.69 Å². The molecule has 0 saturated carbocycles. The Kier molecular flexibility index (Phi) is 5.71. The van der Waals surface area contributed by atoms with Crippen molar-refractivity contribution < 1.29 is 13.2 Å². The first-order chi connectivity index (χ1) is 8.97. The fourth-order valence-electron chi connectivity index (χ4n) is 1.48. The number of hydrogen-bond donors (Lipinski definition) is 3. The highest BCUT2D eigenvalue weighted by molar-refractivity contribution is 7.89. The summed E-state index contributed by atoms with van der Waals surface area (Å²) < 4.78 is 26.5. The summed E-state index contributed by atoms with van der Waals surface area (Å²) in [7, 11) is -3.64. The molecule has 0 fully saturated rings. The number of rotatable bonds is 8. The van der Waals surface area contributed by atoms with Crippen molar-refractivity contribution >= 4 is 21.6 Å². The van der Waals surface area contributed by atoms with Crippen LogP contribution in [0.15, 0.2) is 23.4 Å². The van der Waals surface area contributed by atoms with Crippen molar-refractivity contribution in [1.82, 2.24) is 9.71 Å². The lowest BCUT2D eigenvalue weighted by Gasteiger charge is -2.11. The number of hydrogen-bond acceptors (Lipinski definition) is 5. The van der Waals surface area contributed by atoms with Crippen LogP contribution >= 0.6 is 0 Å². The Morgan fingerprint density at radius 2 is 2.21 bits per heavy atom. The molecular formula is C11H18N4O3S. The Morgan fingerprint density at radius 1 is 1.47 bits per heavy atom. The molecule has 1 aromatic heterocycles. The monoisotopic (exact) mass is 286 g/mol. The van der Waals surface area contributed by atoms with Crippen LogP contribution in [0.2, 0.25) is 0 Å². The van der Waals surface area contributed by atoms with Gasteiger partial charge in [-0.05, 0) is 19.4 Å². The molecule has 1 aromatic rings. The number of pyridine rings is 1. The van der Waals surface area contributed by atoms with Crippen molar-refractivity contribution in [3.63, 3.8) is 0 Å². The predicted octanol–water partition coefficient (Wildman–Crippen LogP) is 0.0572. The molecule has 0 aliphatic rings. The van der Waals surface area contributed by atoms with Gasteiger partial charge in [0.25, 0.3) is 0 Å². The van der Waals surface area contributed by atoms with E-state index >= 15 is 0 Å². The average Bonchev–Trinajstić information content (AvgIpc) is 2.35. The summed E-state index contributed by atoms with van der Waals surface area (Å²) in [4.78, 5) is 14.5. The Hall–Kier alpha value is -1.67. The second-order valence-corrected chi connectivity index (χ2v) is 5.61. The van der Waals surface area contributed by atoms with Crippen molar-refractivity contribution in [2.75, 3.05) is 18.4 Å². The summed E-state index contributed by atoms with van der Waals surface area (Å²) in [6.07, 6.45) is 3.32. The van der Waals surface area contributed by atoms with Gasteiger partial charge in [0.15, 0.2) is 0 Å². The van der Waals surface area contributed by atoms with Crippen molar-refractivity contribution in [3.8, 4) is 0 Å². The number of nitrogens with two attached hydrogens (primary N) is 1. The lowest BCUT2D eigenvalue weighted by Crippen LogP contribution is -2.26. The van der Waals surface area contributed by atoms with Crippen molar-refractivity contribution in [1.29, 1.82) is 0 Å². The number of anilines is 1. The maximum atomic E-state index is 12.1. The van der Waals surface area contributed by atoms with Gasteiger partial charge in [-0.1, -0.05) is 0 Å². The molecule has 8 heteroatoms. The second kappa shape index (κ2) is 7.05. The van der Waals surface area contributed by atoms with Gasteiger partial charge in [-0.25, -0.2) is 13.1 Å². The van der Waals surface area contributed by atoms with Crippen LogP contribution in [0.1, 0.15) is 19.8 Å². The number of carbonyl (C=O) groups is 1. The van der Waals surface area contributed by atoms with Crippen LogP contribution in [-0.2, 0) is 14.8 Å². The van der Waals surface area contributed by atoms with Crippen molar-refractivity contribution in [2.24, 2.45) is 5.73 Å². The molecule has 19 heavy (non-hydrogen) atoms. The zero-order valence-electron chi connectivity index (χ0n) is 10.7. The molecule has 4 N–H and O–H groups in total. The summed E-state index contributed by atoms with van der Waals surface area (Å²) in [5.74, 6) is -0.450. The highest BCUT2D eigenvalue weighted by atomic mass is 32.2. The lowest BCUT2D eigenvalue weighted by molar-refractivity contribution is -0.118. The third-order valence-corrected chi connectivity index (χ3v) is 3.82. The molecule has 0 aromatic carbocycles. The molecule has 0 aliphatic carbocycles. The number of nitrogens with one attached hydrogen (secondary N) is 2. The summed E-state index contributed by atoms with van der Waals surface area (Å²) in [5.41, 5.74) is 5.48. The molecule has 0 radical (unpaired) electrons. The van der Waals surface area contributed by atoms with Crippen LogP contribution in [0, 0.1) is 0 Å². The zero-order chi connectivity index (χ0) is 14.3. The smallest absolute Gasteiger partial charge is 0.244 e. The number of nitrogens with zero attached hydrogens (tertiary/aromatic N) is 1. The molecule has 106 valence electrons. The summed E-state index contributed by atoms with van der Waals surface area (Å²) >= 11 is 0. The van der Waals surface area contributed by atoms with Gasteiger partial charge in [0.1, 0.15) is 4.90 Å². The lowest BCUT2D eigenvalue weighted by atomic mass is 10.3. The minimum atomic E-state index is -3.64. The van der Waals surface area contributed by atoms with Gasteiger partial charge in [0.05, 0.1) is 5.69 Å². The van der Waals surface area contributed by atoms with Crippen molar-refractivity contribution in [2.45, 2.75) is 24.7 Å². The molecule has 0 aliphatic heterocycles. The fourth-order valence-corrected chi connectivity index (χ4v) is 2.68. The van der Waals surface area contributed by atoms with Crippen LogP contribution in [0.5, 0.6) is 0 Å². The molecular weight excluding hydrogens is 268 g/mol. The second-order valence-electron chi connectivity index (χ2n) is 3.87. The van der Waals surface area contributed by atoms with Gasteiger partial charge in [-0.3, -0.25) is 9.78 Å². The van der Waals surface area contributed by atoms with Gasteiger partial charge in [0.2, 0.25) is 15.9 Å². The van der Waals surface area contributed by atoms with E-state index in [1.165, 1.54) is 12.4 Å². The van der Waals surface area contributed by atoms with E-state index in [0.717, 1.165) is 0 Å². The quantitative estimate of drug-likeness (QED) is 0.584. The maximum absolute atomic E-state index is 12.1. The third-order valence-electron chi connectivity index (χ3n) is 2.33. The van der Waals surface area contributed by atoms with E-state index in [4.69, 9.17) is 5.73 Å². The van der Waals surface area contributed by atoms with Crippen LogP contribution in [0.25, 0.3) is 0 Å². The van der Waals surface area contributed by atoms with E-state index < -0.39 is 15.9 Å². The third kappa shape index (κ3) is 4.84. The van der Waals surface area contributed by atoms with E-state index in [1.54, 1.807) is 6.07 Å². The molecule has 0 saturated heterocycles. The van der Waals surface area contributed by atoms with E-state index in [0.29, 0.717) is 18.7 Å². The van der Waals surface area contributed by atoms with Gasteiger partial charge in [0, 0.05) is 31.9 Å². The number of carbonyl (C=O) groups excluding carboxylic acids is 1. The first-order valence-electron chi connectivity index (χ1n) is 5.93. The molecule has 7 nitrogen and oxygen atoms in total. The molecule has 0 unspecified atom stereocenters. The minimum absolute atomic E-state index is 0.0934.